The molecule has 0 aromatic carbocycles. The quantitative estimate of drug-likeness (QED) is 0.863. The number of nitrogens with zero attached hydrogens (tertiary/aromatic N) is 3. The van der Waals surface area contributed by atoms with Gasteiger partial charge in [-0.3, -0.25) is 4.79 Å². The lowest BCUT2D eigenvalue weighted by Crippen LogP contribution is -2.51. The van der Waals surface area contributed by atoms with Crippen LogP contribution in [-0.4, -0.2) is 45.7 Å². The van der Waals surface area contributed by atoms with E-state index >= 15 is 0 Å². The van der Waals surface area contributed by atoms with E-state index in [2.05, 4.69) is 15.3 Å². The van der Waals surface area contributed by atoms with E-state index in [-0.39, 0.29) is 18.0 Å². The van der Waals surface area contributed by atoms with Crippen LogP contribution in [0.2, 0.25) is 0 Å². The summed E-state index contributed by atoms with van der Waals surface area (Å²) in [5, 5.41) is 13.0. The molecule has 2 aliphatic rings. The summed E-state index contributed by atoms with van der Waals surface area (Å²) in [4.78, 5) is 23.0. The lowest BCUT2D eigenvalue weighted by molar-refractivity contribution is -0.124. The summed E-state index contributed by atoms with van der Waals surface area (Å²) < 4.78 is 0. The Bertz CT molecular complexity index is 482. The molecule has 3 atom stereocenters. The van der Waals surface area contributed by atoms with Gasteiger partial charge in [0.1, 0.15) is 6.04 Å². The van der Waals surface area contributed by atoms with Crippen LogP contribution in [0.15, 0.2) is 18.5 Å². The second-order valence-electron chi connectivity index (χ2n) is 5.87. The highest BCUT2D eigenvalue weighted by molar-refractivity contribution is 5.85. The van der Waals surface area contributed by atoms with Gasteiger partial charge in [0, 0.05) is 18.9 Å². The largest absolute Gasteiger partial charge is 0.391 e. The van der Waals surface area contributed by atoms with Crippen LogP contribution in [0, 0.1) is 0 Å². The van der Waals surface area contributed by atoms with E-state index in [1.165, 1.54) is 0 Å². The summed E-state index contributed by atoms with van der Waals surface area (Å²) in [5.74, 6) is 0.602. The zero-order chi connectivity index (χ0) is 14.7. The Morgan fingerprint density at radius 2 is 1.95 bits per heavy atom. The third-order valence-corrected chi connectivity index (χ3v) is 4.42. The molecule has 1 aromatic rings. The fraction of sp³-hybridized carbons (Fsp3) is 0.667. The molecule has 0 radical (unpaired) electrons. The van der Waals surface area contributed by atoms with E-state index in [0.29, 0.717) is 5.95 Å². The highest BCUT2D eigenvalue weighted by Gasteiger charge is 2.34. The summed E-state index contributed by atoms with van der Waals surface area (Å²) in [5.41, 5.74) is 0. The molecule has 1 amide bonds. The van der Waals surface area contributed by atoms with Crippen molar-refractivity contribution in [3.05, 3.63) is 18.5 Å². The summed E-state index contributed by atoms with van der Waals surface area (Å²) in [6.07, 6.45) is 8.50. The summed E-state index contributed by atoms with van der Waals surface area (Å²) in [6.45, 7) is 0.801. The Kier molecular flexibility index (Phi) is 4.34. The van der Waals surface area contributed by atoms with Crippen LogP contribution in [-0.2, 0) is 4.79 Å². The Morgan fingerprint density at radius 1 is 1.19 bits per heavy atom. The van der Waals surface area contributed by atoms with Crippen molar-refractivity contribution in [2.45, 2.75) is 56.7 Å². The molecule has 114 valence electrons. The minimum atomic E-state index is -0.412. The summed E-state index contributed by atoms with van der Waals surface area (Å²) in [7, 11) is 0. The number of hydrogen-bond acceptors (Lipinski definition) is 5. The predicted molar refractivity (Wildman–Crippen MR) is 78.8 cm³/mol. The molecule has 2 fully saturated rings. The van der Waals surface area contributed by atoms with E-state index in [1.54, 1.807) is 18.5 Å². The molecule has 0 spiro atoms. The maximum Gasteiger partial charge on any atom is 0.243 e. The second kappa shape index (κ2) is 6.39. The van der Waals surface area contributed by atoms with Crippen LogP contribution < -0.4 is 10.2 Å². The van der Waals surface area contributed by atoms with Gasteiger partial charge in [-0.05, 0) is 31.7 Å². The molecule has 1 aliphatic carbocycles. The molecule has 1 saturated carbocycles. The molecule has 2 heterocycles. The maximum absolute atomic E-state index is 12.5. The fourth-order valence-electron chi connectivity index (χ4n) is 3.28. The monoisotopic (exact) mass is 290 g/mol. The first-order valence-corrected chi connectivity index (χ1v) is 7.78. The van der Waals surface area contributed by atoms with Gasteiger partial charge in [-0.25, -0.2) is 9.97 Å². The van der Waals surface area contributed by atoms with Crippen molar-refractivity contribution in [3.63, 3.8) is 0 Å². The standard InChI is InChI=1S/C15H22N4O2/c20-13-7-2-1-5-11(13)18-14(21)12-6-3-10-19(12)15-16-8-4-9-17-15/h4,8-9,11-13,20H,1-3,5-7,10H2,(H,18,21). The van der Waals surface area contributed by atoms with Crippen molar-refractivity contribution >= 4 is 11.9 Å². The van der Waals surface area contributed by atoms with Gasteiger partial charge in [0.15, 0.2) is 0 Å². The molecule has 2 N–H and O–H groups in total. The molecular formula is C15H22N4O2. The van der Waals surface area contributed by atoms with Gasteiger partial charge in [-0.15, -0.1) is 0 Å². The molecule has 1 saturated heterocycles. The molecule has 21 heavy (non-hydrogen) atoms. The van der Waals surface area contributed by atoms with Crippen LogP contribution in [0.5, 0.6) is 0 Å². The molecule has 1 aliphatic heterocycles. The number of carbonyl (C=O) groups is 1. The first-order chi connectivity index (χ1) is 10.3. The third-order valence-electron chi connectivity index (χ3n) is 4.42. The Labute approximate surface area is 124 Å². The van der Waals surface area contributed by atoms with Crippen molar-refractivity contribution in [1.29, 1.82) is 0 Å². The van der Waals surface area contributed by atoms with E-state index < -0.39 is 6.10 Å². The third kappa shape index (κ3) is 3.15. The van der Waals surface area contributed by atoms with Crippen LogP contribution >= 0.6 is 0 Å². The van der Waals surface area contributed by atoms with Crippen molar-refractivity contribution in [1.82, 2.24) is 15.3 Å². The molecule has 0 bridgehead atoms. The van der Waals surface area contributed by atoms with E-state index in [9.17, 15) is 9.90 Å². The van der Waals surface area contributed by atoms with Gasteiger partial charge < -0.3 is 15.3 Å². The zero-order valence-corrected chi connectivity index (χ0v) is 12.1. The van der Waals surface area contributed by atoms with Crippen LogP contribution in [0.1, 0.15) is 38.5 Å². The smallest absolute Gasteiger partial charge is 0.243 e. The number of aromatic nitrogens is 2. The van der Waals surface area contributed by atoms with Gasteiger partial charge in [-0.2, -0.15) is 0 Å². The normalized spacial score (nSPS) is 29.4. The van der Waals surface area contributed by atoms with Gasteiger partial charge in [0.2, 0.25) is 11.9 Å². The number of carbonyl (C=O) groups excluding carboxylic acids is 1. The molecule has 1 aromatic heterocycles. The highest BCUT2D eigenvalue weighted by atomic mass is 16.3. The lowest BCUT2D eigenvalue weighted by atomic mass is 9.92. The van der Waals surface area contributed by atoms with Crippen molar-refractivity contribution in [3.8, 4) is 0 Å². The van der Waals surface area contributed by atoms with E-state index in [1.807, 2.05) is 4.90 Å². The Hall–Kier alpha value is -1.69. The zero-order valence-electron chi connectivity index (χ0n) is 12.1. The number of aliphatic hydroxyl groups excluding tert-OH is 1. The summed E-state index contributed by atoms with van der Waals surface area (Å²) in [6, 6.07) is 1.44. The molecule has 6 nitrogen and oxygen atoms in total. The number of amides is 1. The Balaban J connectivity index is 1.66. The highest BCUT2D eigenvalue weighted by Crippen LogP contribution is 2.23. The fourth-order valence-corrected chi connectivity index (χ4v) is 3.28. The average Bonchev–Trinajstić information content (AvgIpc) is 3.00. The predicted octanol–water partition coefficient (Wildman–Crippen LogP) is 0.865. The number of nitrogens with one attached hydrogen (secondary N) is 1. The van der Waals surface area contributed by atoms with E-state index in [0.717, 1.165) is 45.1 Å². The summed E-state index contributed by atoms with van der Waals surface area (Å²) >= 11 is 0. The van der Waals surface area contributed by atoms with Crippen molar-refractivity contribution < 1.29 is 9.90 Å². The minimum Gasteiger partial charge on any atom is -0.391 e. The SMILES string of the molecule is O=C(NC1CCCCC1O)C1CCCN1c1ncccn1. The number of anilines is 1. The van der Waals surface area contributed by atoms with Gasteiger partial charge in [0.25, 0.3) is 0 Å². The van der Waals surface area contributed by atoms with Crippen molar-refractivity contribution in [2.24, 2.45) is 0 Å². The van der Waals surface area contributed by atoms with Gasteiger partial charge in [-0.1, -0.05) is 12.8 Å². The topological polar surface area (TPSA) is 78.4 Å². The van der Waals surface area contributed by atoms with Crippen LogP contribution in [0.4, 0.5) is 5.95 Å². The molecule has 3 rings (SSSR count). The van der Waals surface area contributed by atoms with Crippen LogP contribution in [0.3, 0.4) is 0 Å². The number of hydrogen-bond donors (Lipinski definition) is 2. The lowest BCUT2D eigenvalue weighted by Gasteiger charge is -2.31. The first-order valence-electron chi connectivity index (χ1n) is 7.78. The molecule has 3 unspecified atom stereocenters. The van der Waals surface area contributed by atoms with Crippen molar-refractivity contribution in [2.75, 3.05) is 11.4 Å². The Morgan fingerprint density at radius 3 is 2.71 bits per heavy atom. The van der Waals surface area contributed by atoms with Gasteiger partial charge in [0.05, 0.1) is 12.1 Å². The molecule has 6 heteroatoms. The van der Waals surface area contributed by atoms with Crippen LogP contribution in [0.25, 0.3) is 0 Å². The minimum absolute atomic E-state index is 0.00842. The average molecular weight is 290 g/mol. The van der Waals surface area contributed by atoms with E-state index in [4.69, 9.17) is 0 Å². The number of aliphatic hydroxyl groups is 1. The number of rotatable bonds is 3. The second-order valence-corrected chi connectivity index (χ2v) is 5.87. The molecular weight excluding hydrogens is 268 g/mol. The maximum atomic E-state index is 12.5. The first kappa shape index (κ1) is 14.3. The van der Waals surface area contributed by atoms with Gasteiger partial charge >= 0.3 is 0 Å².